The van der Waals surface area contributed by atoms with Crippen LogP contribution in [0.2, 0.25) is 0 Å². The molecule has 3 heterocycles. The summed E-state index contributed by atoms with van der Waals surface area (Å²) in [6.07, 6.45) is 1.65. The van der Waals surface area contributed by atoms with Crippen molar-refractivity contribution in [2.75, 3.05) is 36.4 Å². The van der Waals surface area contributed by atoms with Crippen molar-refractivity contribution in [3.05, 3.63) is 40.7 Å². The first kappa shape index (κ1) is 19.2. The maximum atomic E-state index is 12.4. The smallest absolute Gasteiger partial charge is 0.319 e. The van der Waals surface area contributed by atoms with Gasteiger partial charge in [-0.15, -0.1) is 11.3 Å². The lowest BCUT2D eigenvalue weighted by Gasteiger charge is -2.35. The number of nitrogens with zero attached hydrogens (tertiary/aromatic N) is 3. The first-order valence-corrected chi connectivity index (χ1v) is 9.83. The molecule has 1 fully saturated rings. The molecule has 7 nitrogen and oxygen atoms in total. The highest BCUT2D eigenvalue weighted by Crippen LogP contribution is 2.18. The van der Waals surface area contributed by atoms with Crippen molar-refractivity contribution in [2.24, 2.45) is 0 Å². The normalized spacial score (nSPS) is 14.8. The fourth-order valence-electron chi connectivity index (χ4n) is 2.84. The molecule has 8 heteroatoms. The molecule has 2 N–H and O–H groups in total. The topological polar surface area (TPSA) is 77.6 Å². The number of hydrogen-bond donors (Lipinski definition) is 2. The highest BCUT2D eigenvalue weighted by atomic mass is 32.1. The number of aromatic nitrogens is 1. The molecule has 0 radical (unpaired) electrons. The molecule has 2 aromatic rings. The minimum absolute atomic E-state index is 0.0991. The molecule has 0 saturated carbocycles. The highest BCUT2D eigenvalue weighted by Gasteiger charge is 2.23. The van der Waals surface area contributed by atoms with Gasteiger partial charge < -0.3 is 20.4 Å². The standard InChI is InChI=1S/C19H25N5O2S/c1-19(2,3)22-18(26)21-14-6-7-16(20-13-14)23-8-10-24(11-9-23)17(25)15-5-4-12-27-15/h4-7,12-13H,8-11H2,1-3H3,(H2,21,22,26). The van der Waals surface area contributed by atoms with E-state index in [9.17, 15) is 9.59 Å². The number of carbonyl (C=O) groups is 2. The van der Waals surface area contributed by atoms with Gasteiger partial charge in [-0.25, -0.2) is 9.78 Å². The molecule has 0 unspecified atom stereocenters. The Hall–Kier alpha value is -2.61. The number of urea groups is 1. The lowest BCUT2D eigenvalue weighted by atomic mass is 10.1. The first-order chi connectivity index (χ1) is 12.8. The van der Waals surface area contributed by atoms with Crippen molar-refractivity contribution in [3.8, 4) is 0 Å². The molecule has 1 aliphatic heterocycles. The zero-order valence-electron chi connectivity index (χ0n) is 15.9. The summed E-state index contributed by atoms with van der Waals surface area (Å²) in [5.41, 5.74) is 0.351. The zero-order chi connectivity index (χ0) is 19.4. The van der Waals surface area contributed by atoms with Crippen molar-refractivity contribution in [1.29, 1.82) is 0 Å². The van der Waals surface area contributed by atoms with Crippen LogP contribution in [0, 0.1) is 0 Å². The average molecular weight is 388 g/mol. The van der Waals surface area contributed by atoms with Gasteiger partial charge in [0, 0.05) is 31.7 Å². The second kappa shape index (κ2) is 7.96. The second-order valence-electron chi connectivity index (χ2n) is 7.49. The maximum absolute atomic E-state index is 12.4. The number of anilines is 2. The number of hydrogen-bond acceptors (Lipinski definition) is 5. The third-order valence-corrected chi connectivity index (χ3v) is 4.97. The summed E-state index contributed by atoms with van der Waals surface area (Å²) < 4.78 is 0. The van der Waals surface area contributed by atoms with E-state index in [1.165, 1.54) is 11.3 Å². The number of amides is 3. The molecule has 2 aromatic heterocycles. The van der Waals surface area contributed by atoms with Crippen LogP contribution in [-0.2, 0) is 0 Å². The summed E-state index contributed by atoms with van der Waals surface area (Å²) in [5, 5.41) is 7.55. The maximum Gasteiger partial charge on any atom is 0.319 e. The van der Waals surface area contributed by atoms with Crippen LogP contribution in [0.15, 0.2) is 35.8 Å². The molecular weight excluding hydrogens is 362 g/mol. The summed E-state index contributed by atoms with van der Waals surface area (Å²) in [5.74, 6) is 0.946. The van der Waals surface area contributed by atoms with Crippen LogP contribution in [-0.4, -0.2) is 53.5 Å². The molecule has 27 heavy (non-hydrogen) atoms. The van der Waals surface area contributed by atoms with Gasteiger partial charge in [0.1, 0.15) is 5.82 Å². The lowest BCUT2D eigenvalue weighted by molar-refractivity contribution is 0.0751. The van der Waals surface area contributed by atoms with Gasteiger partial charge in [0.2, 0.25) is 0 Å². The number of carbonyl (C=O) groups excluding carboxylic acids is 2. The molecule has 0 spiro atoms. The van der Waals surface area contributed by atoms with Crippen molar-refractivity contribution < 1.29 is 9.59 Å². The third kappa shape index (κ3) is 5.19. The van der Waals surface area contributed by atoms with E-state index in [0.717, 1.165) is 23.8 Å². The van der Waals surface area contributed by atoms with E-state index in [1.54, 1.807) is 6.20 Å². The molecule has 0 bridgehead atoms. The molecule has 3 rings (SSSR count). The van der Waals surface area contributed by atoms with Gasteiger partial charge in [-0.05, 0) is 44.4 Å². The Balaban J connectivity index is 1.53. The Labute approximate surface area is 163 Å². The summed E-state index contributed by atoms with van der Waals surface area (Å²) in [7, 11) is 0. The van der Waals surface area contributed by atoms with Gasteiger partial charge in [-0.3, -0.25) is 4.79 Å². The fourth-order valence-corrected chi connectivity index (χ4v) is 3.54. The van der Waals surface area contributed by atoms with Gasteiger partial charge in [0.15, 0.2) is 0 Å². The predicted octanol–water partition coefficient (Wildman–Crippen LogP) is 3.03. The number of pyridine rings is 1. The second-order valence-corrected chi connectivity index (χ2v) is 8.44. The van der Waals surface area contributed by atoms with Gasteiger partial charge >= 0.3 is 6.03 Å². The Morgan fingerprint density at radius 2 is 1.85 bits per heavy atom. The SMILES string of the molecule is CC(C)(C)NC(=O)Nc1ccc(N2CCN(C(=O)c3cccs3)CC2)nc1. The van der Waals surface area contributed by atoms with Gasteiger partial charge in [-0.2, -0.15) is 0 Å². The van der Waals surface area contributed by atoms with E-state index in [-0.39, 0.29) is 17.5 Å². The van der Waals surface area contributed by atoms with E-state index < -0.39 is 0 Å². The average Bonchev–Trinajstić information content (AvgIpc) is 3.15. The molecule has 0 aliphatic carbocycles. The van der Waals surface area contributed by atoms with Crippen LogP contribution in [0.5, 0.6) is 0 Å². The van der Waals surface area contributed by atoms with Gasteiger partial charge in [0.25, 0.3) is 5.91 Å². The molecule has 3 amide bonds. The van der Waals surface area contributed by atoms with Crippen LogP contribution in [0.25, 0.3) is 0 Å². The van der Waals surface area contributed by atoms with E-state index in [2.05, 4.69) is 20.5 Å². The summed E-state index contributed by atoms with van der Waals surface area (Å²) >= 11 is 1.47. The van der Waals surface area contributed by atoms with E-state index in [4.69, 9.17) is 0 Å². The number of piperazine rings is 1. The minimum atomic E-state index is -0.294. The molecule has 144 valence electrons. The third-order valence-electron chi connectivity index (χ3n) is 4.12. The van der Waals surface area contributed by atoms with Crippen LogP contribution in [0.3, 0.4) is 0 Å². The number of rotatable bonds is 3. The first-order valence-electron chi connectivity index (χ1n) is 8.95. The number of thiophene rings is 1. The van der Waals surface area contributed by atoms with Gasteiger partial charge in [0.05, 0.1) is 16.8 Å². The fraction of sp³-hybridized carbons (Fsp3) is 0.421. The van der Waals surface area contributed by atoms with Crippen molar-refractivity contribution in [2.45, 2.75) is 26.3 Å². The van der Waals surface area contributed by atoms with E-state index >= 15 is 0 Å². The molecule has 1 saturated heterocycles. The van der Waals surface area contributed by atoms with Crippen molar-refractivity contribution in [3.63, 3.8) is 0 Å². The minimum Gasteiger partial charge on any atom is -0.353 e. The summed E-state index contributed by atoms with van der Waals surface area (Å²) in [4.78, 5) is 33.6. The zero-order valence-corrected chi connectivity index (χ0v) is 16.7. The summed E-state index contributed by atoms with van der Waals surface area (Å²) in [6, 6.07) is 7.24. The molecule has 1 aliphatic rings. The Bertz CT molecular complexity index is 775. The molecular formula is C19H25N5O2S. The molecule has 0 atom stereocenters. The van der Waals surface area contributed by atoms with Crippen LogP contribution >= 0.6 is 11.3 Å². The van der Waals surface area contributed by atoms with Crippen molar-refractivity contribution >= 4 is 34.8 Å². The Kier molecular flexibility index (Phi) is 5.65. The highest BCUT2D eigenvalue weighted by molar-refractivity contribution is 7.12. The van der Waals surface area contributed by atoms with E-state index in [0.29, 0.717) is 18.8 Å². The Morgan fingerprint density at radius 3 is 2.41 bits per heavy atom. The molecule has 0 aromatic carbocycles. The van der Waals surface area contributed by atoms with E-state index in [1.807, 2.05) is 55.3 Å². The Morgan fingerprint density at radius 1 is 1.11 bits per heavy atom. The van der Waals surface area contributed by atoms with Crippen LogP contribution in [0.1, 0.15) is 30.4 Å². The number of nitrogens with one attached hydrogen (secondary N) is 2. The van der Waals surface area contributed by atoms with Crippen molar-refractivity contribution in [1.82, 2.24) is 15.2 Å². The van der Waals surface area contributed by atoms with Gasteiger partial charge in [-0.1, -0.05) is 6.07 Å². The predicted molar refractivity (Wildman–Crippen MR) is 109 cm³/mol. The largest absolute Gasteiger partial charge is 0.353 e. The summed E-state index contributed by atoms with van der Waals surface area (Å²) in [6.45, 7) is 8.60. The van der Waals surface area contributed by atoms with Crippen LogP contribution in [0.4, 0.5) is 16.3 Å². The quantitative estimate of drug-likeness (QED) is 0.849. The monoisotopic (exact) mass is 387 g/mol. The van der Waals surface area contributed by atoms with Crippen LogP contribution < -0.4 is 15.5 Å². The lowest BCUT2D eigenvalue weighted by Crippen LogP contribution is -2.48.